The molecule has 0 bridgehead atoms. The molecule has 36 heavy (non-hydrogen) atoms. The summed E-state index contributed by atoms with van der Waals surface area (Å²) in [6.45, 7) is 4.33. The lowest BCUT2D eigenvalue weighted by molar-refractivity contribution is -0.141. The molecule has 0 saturated heterocycles. The molecule has 4 nitrogen and oxygen atoms in total. The maximum Gasteiger partial charge on any atom is 0.243 e. The van der Waals surface area contributed by atoms with Gasteiger partial charge in [0.05, 0.1) is 0 Å². The molecule has 0 fully saturated rings. The Kier molecular flexibility index (Phi) is 11.2. The summed E-state index contributed by atoms with van der Waals surface area (Å²) in [5.41, 5.74) is 1.93. The number of benzene rings is 3. The minimum Gasteiger partial charge on any atom is -0.352 e. The smallest absolute Gasteiger partial charge is 0.243 e. The third-order valence-corrected chi connectivity index (χ3v) is 7.45. The molecule has 0 unspecified atom stereocenters. The molecule has 0 heterocycles. The second-order valence-corrected chi connectivity index (χ2v) is 10.8. The number of rotatable bonds is 12. The van der Waals surface area contributed by atoms with E-state index in [4.69, 9.17) is 23.2 Å². The lowest BCUT2D eigenvalue weighted by atomic mass is 10.0. The van der Waals surface area contributed by atoms with E-state index in [0.717, 1.165) is 22.4 Å². The van der Waals surface area contributed by atoms with Crippen molar-refractivity contribution >= 4 is 46.8 Å². The second kappa shape index (κ2) is 14.3. The van der Waals surface area contributed by atoms with Gasteiger partial charge in [0.2, 0.25) is 11.8 Å². The number of thioether (sulfide) groups is 1. The Balaban J connectivity index is 1.84. The van der Waals surface area contributed by atoms with E-state index in [1.165, 1.54) is 0 Å². The zero-order chi connectivity index (χ0) is 25.9. The summed E-state index contributed by atoms with van der Waals surface area (Å²) in [7, 11) is 0. The minimum atomic E-state index is -0.634. The Labute approximate surface area is 228 Å². The largest absolute Gasteiger partial charge is 0.352 e. The first-order valence-electron chi connectivity index (χ1n) is 12.1. The van der Waals surface area contributed by atoms with E-state index < -0.39 is 6.04 Å². The quantitative estimate of drug-likeness (QED) is 0.250. The maximum absolute atomic E-state index is 13.6. The topological polar surface area (TPSA) is 49.4 Å². The molecule has 2 amide bonds. The molecule has 3 aromatic rings. The van der Waals surface area contributed by atoms with E-state index in [1.54, 1.807) is 28.8 Å². The van der Waals surface area contributed by atoms with Gasteiger partial charge in [-0.3, -0.25) is 9.59 Å². The first-order valence-corrected chi connectivity index (χ1v) is 13.9. The van der Waals surface area contributed by atoms with Crippen LogP contribution >= 0.6 is 35.0 Å². The number of nitrogens with zero attached hydrogens (tertiary/aromatic N) is 1. The number of amides is 2. The highest BCUT2D eigenvalue weighted by Gasteiger charge is 2.30. The molecule has 0 aromatic heterocycles. The van der Waals surface area contributed by atoms with Gasteiger partial charge in [0, 0.05) is 46.1 Å². The van der Waals surface area contributed by atoms with E-state index in [9.17, 15) is 9.59 Å². The highest BCUT2D eigenvalue weighted by atomic mass is 35.5. The molecule has 190 valence electrons. The van der Waals surface area contributed by atoms with Crippen molar-refractivity contribution in [3.05, 3.63) is 100 Å². The summed E-state index contributed by atoms with van der Waals surface area (Å²) >= 11 is 13.7. The van der Waals surface area contributed by atoms with Gasteiger partial charge in [0.15, 0.2) is 0 Å². The lowest BCUT2D eigenvalue weighted by Crippen LogP contribution is -2.52. The van der Waals surface area contributed by atoms with Gasteiger partial charge in [-0.05, 0) is 60.9 Å². The number of hydrogen-bond donors (Lipinski definition) is 1. The van der Waals surface area contributed by atoms with Crippen LogP contribution in [0, 0.1) is 0 Å². The van der Waals surface area contributed by atoms with Crippen LogP contribution < -0.4 is 5.32 Å². The van der Waals surface area contributed by atoms with E-state index in [1.807, 2.05) is 80.6 Å². The van der Waals surface area contributed by atoms with Crippen LogP contribution in [0.2, 0.25) is 10.0 Å². The average molecular weight is 544 g/mol. The van der Waals surface area contributed by atoms with Crippen molar-refractivity contribution in [2.24, 2.45) is 0 Å². The van der Waals surface area contributed by atoms with Gasteiger partial charge in [0.25, 0.3) is 0 Å². The Bertz CT molecular complexity index is 1110. The molecule has 0 radical (unpaired) electrons. The van der Waals surface area contributed by atoms with Gasteiger partial charge >= 0.3 is 0 Å². The molecule has 0 saturated carbocycles. The molecule has 0 aliphatic carbocycles. The molecular formula is C29H32Cl2N2O2S. The zero-order valence-corrected chi connectivity index (χ0v) is 23.0. The fourth-order valence-electron chi connectivity index (χ4n) is 3.71. The van der Waals surface area contributed by atoms with Crippen molar-refractivity contribution in [1.82, 2.24) is 10.2 Å². The molecule has 3 rings (SSSR count). The van der Waals surface area contributed by atoms with Crippen molar-refractivity contribution in [3.8, 4) is 0 Å². The Morgan fingerprint density at radius 1 is 0.889 bits per heavy atom. The molecule has 7 heteroatoms. The standard InChI is InChI=1S/C29H32Cl2N2O2S/c1-3-21(2)32-29(35)27(19-22-7-5-4-6-8-22)33(20-23-9-11-24(30)12-10-23)28(34)17-18-36-26-15-13-25(31)14-16-26/h4-16,21,27H,3,17-20H2,1-2H3,(H,32,35)/t21-,27+/m1/s1. The van der Waals surface area contributed by atoms with Crippen LogP contribution in [-0.2, 0) is 22.6 Å². The van der Waals surface area contributed by atoms with E-state index >= 15 is 0 Å². The molecule has 0 spiro atoms. The minimum absolute atomic E-state index is 0.0173. The summed E-state index contributed by atoms with van der Waals surface area (Å²) in [6, 6.07) is 24.2. The average Bonchev–Trinajstić information content (AvgIpc) is 2.88. The normalized spacial score (nSPS) is 12.6. The third kappa shape index (κ3) is 8.88. The van der Waals surface area contributed by atoms with Gasteiger partial charge in [0.1, 0.15) is 6.04 Å². The summed E-state index contributed by atoms with van der Waals surface area (Å²) in [5.74, 6) is 0.398. The van der Waals surface area contributed by atoms with Gasteiger partial charge in [-0.15, -0.1) is 11.8 Å². The van der Waals surface area contributed by atoms with Crippen molar-refractivity contribution < 1.29 is 9.59 Å². The summed E-state index contributed by atoms with van der Waals surface area (Å²) in [6.07, 6.45) is 1.56. The number of carbonyl (C=O) groups is 2. The van der Waals surface area contributed by atoms with Crippen molar-refractivity contribution in [2.45, 2.75) is 56.6 Å². The second-order valence-electron chi connectivity index (χ2n) is 8.72. The van der Waals surface area contributed by atoms with Crippen LogP contribution in [0.1, 0.15) is 37.8 Å². The summed E-state index contributed by atoms with van der Waals surface area (Å²) in [4.78, 5) is 29.9. The Morgan fingerprint density at radius 2 is 1.50 bits per heavy atom. The molecule has 2 atom stereocenters. The van der Waals surface area contributed by atoms with Crippen molar-refractivity contribution in [1.29, 1.82) is 0 Å². The van der Waals surface area contributed by atoms with Gasteiger partial charge in [-0.2, -0.15) is 0 Å². The van der Waals surface area contributed by atoms with E-state index in [0.29, 0.717) is 35.2 Å². The maximum atomic E-state index is 13.6. The molecule has 0 aliphatic heterocycles. The van der Waals surface area contributed by atoms with Gasteiger partial charge in [-0.25, -0.2) is 0 Å². The molecule has 1 N–H and O–H groups in total. The third-order valence-electron chi connectivity index (χ3n) is 5.94. The zero-order valence-electron chi connectivity index (χ0n) is 20.6. The molecule has 0 aliphatic rings. The SMILES string of the molecule is CC[C@@H](C)NC(=O)[C@H](Cc1ccccc1)N(Cc1ccc(Cl)cc1)C(=O)CCSc1ccc(Cl)cc1. The fraction of sp³-hybridized carbons (Fsp3) is 0.310. The van der Waals surface area contributed by atoms with Crippen LogP contribution in [-0.4, -0.2) is 34.6 Å². The summed E-state index contributed by atoms with van der Waals surface area (Å²) < 4.78 is 0. The van der Waals surface area contributed by atoms with Crippen LogP contribution in [0.5, 0.6) is 0 Å². The van der Waals surface area contributed by atoms with Crippen molar-refractivity contribution in [3.63, 3.8) is 0 Å². The van der Waals surface area contributed by atoms with Gasteiger partial charge in [-0.1, -0.05) is 72.6 Å². The Morgan fingerprint density at radius 3 is 2.11 bits per heavy atom. The van der Waals surface area contributed by atoms with Crippen LogP contribution in [0.3, 0.4) is 0 Å². The van der Waals surface area contributed by atoms with Crippen LogP contribution in [0.25, 0.3) is 0 Å². The van der Waals surface area contributed by atoms with Gasteiger partial charge < -0.3 is 10.2 Å². The molecule has 3 aromatic carbocycles. The predicted molar refractivity (Wildman–Crippen MR) is 151 cm³/mol. The predicted octanol–water partition coefficient (Wildman–Crippen LogP) is 7.03. The number of carbonyl (C=O) groups excluding carboxylic acids is 2. The van der Waals surface area contributed by atoms with Crippen LogP contribution in [0.15, 0.2) is 83.8 Å². The first-order chi connectivity index (χ1) is 17.4. The number of nitrogens with one attached hydrogen (secondary N) is 1. The van der Waals surface area contributed by atoms with Crippen LogP contribution in [0.4, 0.5) is 0 Å². The van der Waals surface area contributed by atoms with E-state index in [2.05, 4.69) is 5.32 Å². The monoisotopic (exact) mass is 542 g/mol. The highest BCUT2D eigenvalue weighted by Crippen LogP contribution is 2.23. The highest BCUT2D eigenvalue weighted by molar-refractivity contribution is 7.99. The lowest BCUT2D eigenvalue weighted by Gasteiger charge is -2.32. The fourth-order valence-corrected chi connectivity index (χ4v) is 4.81. The van der Waals surface area contributed by atoms with Crippen molar-refractivity contribution in [2.75, 3.05) is 5.75 Å². The number of hydrogen-bond acceptors (Lipinski definition) is 3. The first kappa shape index (κ1) is 28.1. The van der Waals surface area contributed by atoms with E-state index in [-0.39, 0.29) is 17.9 Å². The Hall–Kier alpha value is -2.47. The summed E-state index contributed by atoms with van der Waals surface area (Å²) in [5, 5.41) is 4.41. The number of halogens is 2. The molecular weight excluding hydrogens is 511 g/mol.